The minimum atomic E-state index is 0.166. The minimum absolute atomic E-state index is 0.166. The lowest BCUT2D eigenvalue weighted by molar-refractivity contribution is -0.133. The number of aromatic nitrogens is 2. The number of hydrogen-bond acceptors (Lipinski definition) is 4. The summed E-state index contributed by atoms with van der Waals surface area (Å²) in [7, 11) is 1.66. The van der Waals surface area contributed by atoms with Gasteiger partial charge in [0.2, 0.25) is 5.91 Å². The third-order valence-electron chi connectivity index (χ3n) is 5.93. The van der Waals surface area contributed by atoms with Gasteiger partial charge in [-0.05, 0) is 68.3 Å². The van der Waals surface area contributed by atoms with Crippen LogP contribution in [0.2, 0.25) is 0 Å². The van der Waals surface area contributed by atoms with Crippen molar-refractivity contribution < 1.29 is 9.53 Å². The Kier molecular flexibility index (Phi) is 5.46. The lowest BCUT2D eigenvalue weighted by Crippen LogP contribution is -2.38. The van der Waals surface area contributed by atoms with Crippen LogP contribution in [-0.4, -0.2) is 34.2 Å². The number of ether oxygens (including phenoxy) is 1. The lowest BCUT2D eigenvalue weighted by Gasteiger charge is -2.33. The molecule has 1 aliphatic heterocycles. The van der Waals surface area contributed by atoms with Crippen molar-refractivity contribution in [1.29, 1.82) is 0 Å². The first-order valence-electron chi connectivity index (χ1n) is 10.0. The van der Waals surface area contributed by atoms with Gasteiger partial charge in [0, 0.05) is 29.6 Å². The normalized spacial score (nSPS) is 16.0. The van der Waals surface area contributed by atoms with Crippen LogP contribution in [0.25, 0.3) is 5.69 Å². The van der Waals surface area contributed by atoms with E-state index in [9.17, 15) is 4.79 Å². The zero-order valence-corrected chi connectivity index (χ0v) is 18.3. The molecule has 0 radical (unpaired) electrons. The molecule has 0 saturated heterocycles. The second-order valence-electron chi connectivity index (χ2n) is 7.57. The van der Waals surface area contributed by atoms with Crippen LogP contribution < -0.4 is 4.74 Å². The molecular formula is C23H27N3O2S. The van der Waals surface area contributed by atoms with Gasteiger partial charge in [-0.25, -0.2) is 4.68 Å². The number of hydrogen-bond donors (Lipinski definition) is 0. The molecule has 0 N–H and O–H groups in total. The van der Waals surface area contributed by atoms with Crippen molar-refractivity contribution in [3.05, 3.63) is 63.1 Å². The van der Waals surface area contributed by atoms with Crippen LogP contribution in [0.3, 0.4) is 0 Å². The van der Waals surface area contributed by atoms with Crippen molar-refractivity contribution in [1.82, 2.24) is 14.7 Å². The monoisotopic (exact) mass is 409 g/mol. The predicted molar refractivity (Wildman–Crippen MR) is 116 cm³/mol. The fourth-order valence-electron chi connectivity index (χ4n) is 4.26. The molecule has 1 atom stereocenters. The molecule has 0 bridgehead atoms. The Hall–Kier alpha value is -2.60. The van der Waals surface area contributed by atoms with Crippen LogP contribution in [0.15, 0.2) is 35.7 Å². The van der Waals surface area contributed by atoms with Crippen molar-refractivity contribution in [2.75, 3.05) is 13.7 Å². The molecule has 4 rings (SSSR count). The molecule has 0 spiro atoms. The zero-order chi connectivity index (χ0) is 20.5. The standard InChI is InChI=1S/C23H27N3O2S/c1-15-20(17(3)26(24-15)18-6-5-7-19(14-18)28-4)8-9-23(27)25-12-10-22-21(16(25)2)11-13-29-22/h5-7,11,13-14,16H,8-10,12H2,1-4H3/t16-/m0/s1. The average molecular weight is 410 g/mol. The van der Waals surface area contributed by atoms with Gasteiger partial charge >= 0.3 is 0 Å². The Morgan fingerprint density at radius 2 is 2.14 bits per heavy atom. The van der Waals surface area contributed by atoms with Crippen molar-refractivity contribution in [3.63, 3.8) is 0 Å². The number of amides is 1. The lowest BCUT2D eigenvalue weighted by atomic mass is 10.00. The summed E-state index contributed by atoms with van der Waals surface area (Å²) >= 11 is 1.80. The Balaban J connectivity index is 1.49. The molecule has 0 unspecified atom stereocenters. The molecule has 5 nitrogen and oxygen atoms in total. The number of carbonyl (C=O) groups excluding carboxylic acids is 1. The number of nitrogens with zero attached hydrogens (tertiary/aromatic N) is 3. The topological polar surface area (TPSA) is 47.4 Å². The molecule has 2 aromatic heterocycles. The maximum absolute atomic E-state index is 13.0. The first-order chi connectivity index (χ1) is 14.0. The van der Waals surface area contributed by atoms with Crippen molar-refractivity contribution in [2.45, 2.75) is 46.1 Å². The van der Waals surface area contributed by atoms with Gasteiger partial charge in [0.25, 0.3) is 0 Å². The summed E-state index contributed by atoms with van der Waals surface area (Å²) in [4.78, 5) is 16.4. The van der Waals surface area contributed by atoms with E-state index in [-0.39, 0.29) is 11.9 Å². The maximum Gasteiger partial charge on any atom is 0.223 e. The van der Waals surface area contributed by atoms with Crippen molar-refractivity contribution in [3.8, 4) is 11.4 Å². The van der Waals surface area contributed by atoms with Crippen LogP contribution >= 0.6 is 11.3 Å². The van der Waals surface area contributed by atoms with E-state index in [2.05, 4.69) is 25.3 Å². The van der Waals surface area contributed by atoms with Crippen molar-refractivity contribution >= 4 is 17.2 Å². The Morgan fingerprint density at radius 1 is 1.31 bits per heavy atom. The third kappa shape index (κ3) is 3.69. The van der Waals surface area contributed by atoms with Gasteiger partial charge in [0.05, 0.1) is 24.5 Å². The number of methoxy groups -OCH3 is 1. The van der Waals surface area contributed by atoms with Gasteiger partial charge < -0.3 is 9.64 Å². The number of aryl methyl sites for hydroxylation is 1. The van der Waals surface area contributed by atoms with E-state index >= 15 is 0 Å². The maximum atomic E-state index is 13.0. The Bertz CT molecular complexity index is 1040. The van der Waals surface area contributed by atoms with E-state index in [1.54, 1.807) is 18.4 Å². The van der Waals surface area contributed by atoms with E-state index in [0.717, 1.165) is 41.4 Å². The van der Waals surface area contributed by atoms with Crippen LogP contribution in [0.5, 0.6) is 5.75 Å². The van der Waals surface area contributed by atoms with Gasteiger partial charge in [0.15, 0.2) is 0 Å². The van der Waals surface area contributed by atoms with Gasteiger partial charge in [-0.2, -0.15) is 5.10 Å². The number of thiophene rings is 1. The molecule has 0 aliphatic carbocycles. The summed E-state index contributed by atoms with van der Waals surface area (Å²) in [6.07, 6.45) is 2.18. The molecule has 1 aliphatic rings. The summed E-state index contributed by atoms with van der Waals surface area (Å²) in [6.45, 7) is 7.04. The molecular weight excluding hydrogens is 382 g/mol. The Labute approximate surface area is 175 Å². The zero-order valence-electron chi connectivity index (χ0n) is 17.4. The van der Waals surface area contributed by atoms with Gasteiger partial charge in [-0.1, -0.05) is 6.07 Å². The second kappa shape index (κ2) is 8.03. The first-order valence-corrected chi connectivity index (χ1v) is 10.9. The highest BCUT2D eigenvalue weighted by atomic mass is 32.1. The predicted octanol–water partition coefficient (Wildman–Crippen LogP) is 4.64. The number of benzene rings is 1. The largest absolute Gasteiger partial charge is 0.497 e. The highest BCUT2D eigenvalue weighted by molar-refractivity contribution is 7.10. The smallest absolute Gasteiger partial charge is 0.223 e. The summed E-state index contributed by atoms with van der Waals surface area (Å²) in [5.41, 5.74) is 5.49. The highest BCUT2D eigenvalue weighted by Gasteiger charge is 2.28. The first kappa shape index (κ1) is 19.7. The van der Waals surface area contributed by atoms with E-state index in [0.29, 0.717) is 12.8 Å². The molecule has 1 aromatic carbocycles. The average Bonchev–Trinajstić information content (AvgIpc) is 3.32. The van der Waals surface area contributed by atoms with E-state index in [1.807, 2.05) is 40.8 Å². The van der Waals surface area contributed by atoms with E-state index in [4.69, 9.17) is 9.84 Å². The molecule has 6 heteroatoms. The molecule has 29 heavy (non-hydrogen) atoms. The second-order valence-corrected chi connectivity index (χ2v) is 8.58. The van der Waals surface area contributed by atoms with E-state index < -0.39 is 0 Å². The molecule has 0 fully saturated rings. The minimum Gasteiger partial charge on any atom is -0.497 e. The number of fused-ring (bicyclic) bond motifs is 1. The van der Waals surface area contributed by atoms with Crippen LogP contribution in [0, 0.1) is 13.8 Å². The Morgan fingerprint density at radius 3 is 2.93 bits per heavy atom. The molecule has 3 aromatic rings. The van der Waals surface area contributed by atoms with Gasteiger partial charge in [0.1, 0.15) is 5.75 Å². The summed E-state index contributed by atoms with van der Waals surface area (Å²) in [5, 5.41) is 6.86. The summed E-state index contributed by atoms with van der Waals surface area (Å²) < 4.78 is 7.28. The fraction of sp³-hybridized carbons (Fsp3) is 0.391. The van der Waals surface area contributed by atoms with Gasteiger partial charge in [-0.3, -0.25) is 4.79 Å². The fourth-order valence-corrected chi connectivity index (χ4v) is 5.22. The summed E-state index contributed by atoms with van der Waals surface area (Å²) in [5.74, 6) is 1.03. The SMILES string of the molecule is COc1cccc(-n2nc(C)c(CCC(=O)N3CCc4sccc4[C@@H]3C)c2C)c1. The number of carbonyl (C=O) groups is 1. The summed E-state index contributed by atoms with van der Waals surface area (Å²) in [6, 6.07) is 10.2. The van der Waals surface area contributed by atoms with Crippen LogP contribution in [0.1, 0.15) is 46.8 Å². The van der Waals surface area contributed by atoms with Gasteiger partial charge in [-0.15, -0.1) is 11.3 Å². The van der Waals surface area contributed by atoms with Crippen molar-refractivity contribution in [2.24, 2.45) is 0 Å². The third-order valence-corrected chi connectivity index (χ3v) is 6.92. The molecule has 3 heterocycles. The molecule has 152 valence electrons. The molecule has 0 saturated carbocycles. The molecule has 1 amide bonds. The highest BCUT2D eigenvalue weighted by Crippen LogP contribution is 2.33. The number of rotatable bonds is 5. The van der Waals surface area contributed by atoms with Crippen LogP contribution in [-0.2, 0) is 17.6 Å². The van der Waals surface area contributed by atoms with Crippen LogP contribution in [0.4, 0.5) is 0 Å². The quantitative estimate of drug-likeness (QED) is 0.617. The van der Waals surface area contributed by atoms with E-state index in [1.165, 1.54) is 10.4 Å².